The monoisotopic (exact) mass is 448 g/mol. The molecule has 5 nitrogen and oxygen atoms in total. The number of carbonyl (C=O) groups is 2. The molecule has 1 aromatic carbocycles. The van der Waals surface area contributed by atoms with Crippen LogP contribution in [0.1, 0.15) is 53.8 Å². The van der Waals surface area contributed by atoms with E-state index in [-0.39, 0.29) is 11.3 Å². The second-order valence-corrected chi connectivity index (χ2v) is 10.4. The second-order valence-electron chi connectivity index (χ2n) is 9.27. The largest absolute Gasteiger partial charge is 0.457 e. The standard InChI is InChI=1S/C26H28N2O3S/c1-26(2,3)17-9-12-19-21(15-17)32-25(23(19)24(27)30)28-22(29)14-11-18-10-13-20(31-18)16-7-5-4-6-8-16/h4-8,10-11,13-14,17H,9,12,15H2,1-3H3,(H2,27,30)(H,28,29)/b14-11+. The number of amides is 2. The molecule has 3 aromatic rings. The zero-order valence-corrected chi connectivity index (χ0v) is 19.4. The van der Waals surface area contributed by atoms with Crippen LogP contribution in [0.2, 0.25) is 0 Å². The molecule has 0 fully saturated rings. The highest BCUT2D eigenvalue weighted by Crippen LogP contribution is 2.44. The number of anilines is 1. The lowest BCUT2D eigenvalue weighted by molar-refractivity contribution is -0.111. The summed E-state index contributed by atoms with van der Waals surface area (Å²) >= 11 is 1.47. The van der Waals surface area contributed by atoms with Crippen LogP contribution in [0.25, 0.3) is 17.4 Å². The topological polar surface area (TPSA) is 85.3 Å². The molecule has 6 heteroatoms. The van der Waals surface area contributed by atoms with E-state index in [1.165, 1.54) is 17.4 Å². The molecule has 0 saturated heterocycles. The molecule has 0 spiro atoms. The minimum absolute atomic E-state index is 0.197. The van der Waals surface area contributed by atoms with Crippen molar-refractivity contribution in [3.05, 3.63) is 70.3 Å². The van der Waals surface area contributed by atoms with E-state index in [4.69, 9.17) is 10.2 Å². The molecule has 2 aromatic heterocycles. The number of nitrogens with one attached hydrogen (secondary N) is 1. The number of thiophene rings is 1. The van der Waals surface area contributed by atoms with Gasteiger partial charge in [0.25, 0.3) is 5.91 Å². The van der Waals surface area contributed by atoms with Crippen LogP contribution < -0.4 is 11.1 Å². The number of carbonyl (C=O) groups excluding carboxylic acids is 2. The fourth-order valence-corrected chi connectivity index (χ4v) is 5.52. The van der Waals surface area contributed by atoms with Crippen LogP contribution in [-0.4, -0.2) is 11.8 Å². The molecule has 4 rings (SSSR count). The van der Waals surface area contributed by atoms with E-state index < -0.39 is 5.91 Å². The highest BCUT2D eigenvalue weighted by atomic mass is 32.1. The molecule has 1 atom stereocenters. The lowest BCUT2D eigenvalue weighted by atomic mass is 9.72. The Kier molecular flexibility index (Phi) is 6.07. The van der Waals surface area contributed by atoms with E-state index in [1.807, 2.05) is 42.5 Å². The summed E-state index contributed by atoms with van der Waals surface area (Å²) in [5, 5.41) is 3.40. The number of nitrogens with two attached hydrogens (primary N) is 1. The Balaban J connectivity index is 1.50. The summed E-state index contributed by atoms with van der Waals surface area (Å²) in [4.78, 5) is 25.9. The van der Waals surface area contributed by atoms with Gasteiger partial charge in [0.15, 0.2) is 0 Å². The molecule has 1 aliphatic carbocycles. The molecule has 2 amide bonds. The van der Waals surface area contributed by atoms with Crippen molar-refractivity contribution in [1.82, 2.24) is 0 Å². The van der Waals surface area contributed by atoms with Gasteiger partial charge in [-0.05, 0) is 54.4 Å². The number of hydrogen-bond acceptors (Lipinski definition) is 4. The van der Waals surface area contributed by atoms with Gasteiger partial charge in [0, 0.05) is 16.5 Å². The quantitative estimate of drug-likeness (QED) is 0.476. The zero-order valence-electron chi connectivity index (χ0n) is 18.6. The molecule has 2 heterocycles. The Labute approximate surface area is 192 Å². The van der Waals surface area contributed by atoms with Crippen molar-refractivity contribution in [2.24, 2.45) is 17.1 Å². The van der Waals surface area contributed by atoms with E-state index >= 15 is 0 Å². The third-order valence-electron chi connectivity index (χ3n) is 6.06. The molecule has 1 unspecified atom stereocenters. The van der Waals surface area contributed by atoms with Crippen LogP contribution in [0.15, 0.2) is 53.0 Å². The predicted molar refractivity (Wildman–Crippen MR) is 130 cm³/mol. The predicted octanol–water partition coefficient (Wildman–Crippen LogP) is 5.91. The summed E-state index contributed by atoms with van der Waals surface area (Å²) < 4.78 is 5.80. The Morgan fingerprint density at radius 3 is 2.59 bits per heavy atom. The van der Waals surface area contributed by atoms with Crippen molar-refractivity contribution in [2.45, 2.75) is 40.0 Å². The van der Waals surface area contributed by atoms with Gasteiger partial charge in [0.1, 0.15) is 16.5 Å². The molecule has 166 valence electrons. The third kappa shape index (κ3) is 4.70. The SMILES string of the molecule is CC(C)(C)C1CCc2c(sc(NC(=O)/C=C/c3ccc(-c4ccccc4)o3)c2C(N)=O)C1. The maximum absolute atomic E-state index is 12.6. The van der Waals surface area contributed by atoms with Crippen LogP contribution in [-0.2, 0) is 17.6 Å². The molecule has 3 N–H and O–H groups in total. The average molecular weight is 449 g/mol. The number of furan rings is 1. The highest BCUT2D eigenvalue weighted by Gasteiger charge is 2.33. The first-order chi connectivity index (χ1) is 15.2. The summed E-state index contributed by atoms with van der Waals surface area (Å²) in [5.74, 6) is 1.04. The van der Waals surface area contributed by atoms with Crippen molar-refractivity contribution < 1.29 is 14.0 Å². The lowest BCUT2D eigenvalue weighted by Gasteiger charge is -2.33. The third-order valence-corrected chi connectivity index (χ3v) is 7.23. The molecular weight excluding hydrogens is 420 g/mol. The minimum Gasteiger partial charge on any atom is -0.457 e. The number of benzene rings is 1. The zero-order chi connectivity index (χ0) is 22.9. The van der Waals surface area contributed by atoms with Gasteiger partial charge in [-0.1, -0.05) is 51.1 Å². The summed E-state index contributed by atoms with van der Waals surface area (Å²) in [6.07, 6.45) is 5.77. The molecule has 0 aliphatic heterocycles. The molecule has 0 radical (unpaired) electrons. The van der Waals surface area contributed by atoms with Gasteiger partial charge in [-0.25, -0.2) is 0 Å². The second kappa shape index (κ2) is 8.79. The summed E-state index contributed by atoms with van der Waals surface area (Å²) in [6.45, 7) is 6.74. The Morgan fingerprint density at radius 1 is 1.16 bits per heavy atom. The number of rotatable bonds is 5. The lowest BCUT2D eigenvalue weighted by Crippen LogP contribution is -2.27. The first-order valence-corrected chi connectivity index (χ1v) is 11.6. The molecular formula is C26H28N2O3S. The summed E-state index contributed by atoms with van der Waals surface area (Å²) in [5.41, 5.74) is 8.32. The Bertz CT molecular complexity index is 1170. The number of primary amides is 1. The molecule has 32 heavy (non-hydrogen) atoms. The van der Waals surface area contributed by atoms with Gasteiger partial charge < -0.3 is 15.5 Å². The summed E-state index contributed by atoms with van der Waals surface area (Å²) in [7, 11) is 0. The van der Waals surface area contributed by atoms with Crippen molar-refractivity contribution in [3.63, 3.8) is 0 Å². The van der Waals surface area contributed by atoms with E-state index in [0.717, 1.165) is 41.0 Å². The van der Waals surface area contributed by atoms with Crippen LogP contribution in [0.3, 0.4) is 0 Å². The molecule has 1 aliphatic rings. The molecule has 0 saturated carbocycles. The van der Waals surface area contributed by atoms with Crippen molar-refractivity contribution in [2.75, 3.05) is 5.32 Å². The van der Waals surface area contributed by atoms with E-state index in [9.17, 15) is 9.59 Å². The van der Waals surface area contributed by atoms with Gasteiger partial charge in [0.05, 0.1) is 5.56 Å². The van der Waals surface area contributed by atoms with Crippen LogP contribution in [0.5, 0.6) is 0 Å². The smallest absolute Gasteiger partial charge is 0.251 e. The van der Waals surface area contributed by atoms with Gasteiger partial charge in [0.2, 0.25) is 5.91 Å². The van der Waals surface area contributed by atoms with Gasteiger partial charge in [-0.15, -0.1) is 11.3 Å². The maximum atomic E-state index is 12.6. The Morgan fingerprint density at radius 2 is 1.91 bits per heavy atom. The fraction of sp³-hybridized carbons (Fsp3) is 0.308. The maximum Gasteiger partial charge on any atom is 0.251 e. The molecule has 0 bridgehead atoms. The first kappa shape index (κ1) is 22.1. The average Bonchev–Trinajstić information content (AvgIpc) is 3.36. The van der Waals surface area contributed by atoms with Crippen LogP contribution in [0.4, 0.5) is 5.00 Å². The minimum atomic E-state index is -0.491. The normalized spacial score (nSPS) is 16.2. The van der Waals surface area contributed by atoms with E-state index in [0.29, 0.717) is 22.2 Å². The van der Waals surface area contributed by atoms with Crippen molar-refractivity contribution >= 4 is 34.2 Å². The summed E-state index contributed by atoms with van der Waals surface area (Å²) in [6, 6.07) is 13.5. The fourth-order valence-electron chi connectivity index (χ4n) is 4.19. The Hall–Kier alpha value is -3.12. The highest BCUT2D eigenvalue weighted by molar-refractivity contribution is 7.17. The van der Waals surface area contributed by atoms with Crippen LogP contribution >= 0.6 is 11.3 Å². The number of fused-ring (bicyclic) bond motifs is 1. The van der Waals surface area contributed by atoms with Gasteiger partial charge in [-0.2, -0.15) is 0 Å². The van der Waals surface area contributed by atoms with E-state index in [1.54, 1.807) is 6.08 Å². The van der Waals surface area contributed by atoms with Gasteiger partial charge >= 0.3 is 0 Å². The van der Waals surface area contributed by atoms with Crippen molar-refractivity contribution in [3.8, 4) is 11.3 Å². The first-order valence-electron chi connectivity index (χ1n) is 10.8. The van der Waals surface area contributed by atoms with Crippen molar-refractivity contribution in [1.29, 1.82) is 0 Å². The van der Waals surface area contributed by atoms with Crippen LogP contribution in [0, 0.1) is 11.3 Å². The van der Waals surface area contributed by atoms with E-state index in [2.05, 4.69) is 26.1 Å². The van der Waals surface area contributed by atoms with Gasteiger partial charge in [-0.3, -0.25) is 9.59 Å². The number of hydrogen-bond donors (Lipinski definition) is 2.